The number of nitriles is 1. The van der Waals surface area contributed by atoms with Crippen molar-refractivity contribution < 1.29 is 9.90 Å². The molecule has 2 N–H and O–H groups in total. The first-order chi connectivity index (χ1) is 8.06. The molecular weight excluding hydrogens is 216 g/mol. The van der Waals surface area contributed by atoms with Crippen molar-refractivity contribution in [2.75, 3.05) is 5.32 Å². The van der Waals surface area contributed by atoms with Crippen LogP contribution >= 0.6 is 0 Å². The molecule has 1 atom stereocenters. The van der Waals surface area contributed by atoms with Crippen LogP contribution in [0.4, 0.5) is 5.69 Å². The van der Waals surface area contributed by atoms with Crippen molar-refractivity contribution in [3.8, 4) is 6.07 Å². The van der Waals surface area contributed by atoms with Crippen molar-refractivity contribution in [3.63, 3.8) is 0 Å². The average molecular weight is 230 g/mol. The van der Waals surface area contributed by atoms with E-state index in [1.165, 1.54) is 0 Å². The number of hydrogen-bond donors (Lipinski definition) is 2. The standard InChI is InChI=1S/C13H14N2O2/c1-13(12(16)17,10-4-5-10)15-11-6-2-9(8-14)3-7-11/h2-3,6-7,10,15H,4-5H2,1H3,(H,16,17). The highest BCUT2D eigenvalue weighted by Gasteiger charge is 2.47. The average Bonchev–Trinajstić information content (AvgIpc) is 3.13. The van der Waals surface area contributed by atoms with Gasteiger partial charge >= 0.3 is 5.97 Å². The number of rotatable bonds is 4. The van der Waals surface area contributed by atoms with Crippen molar-refractivity contribution in [2.45, 2.75) is 25.3 Å². The molecule has 0 amide bonds. The lowest BCUT2D eigenvalue weighted by Gasteiger charge is -2.27. The molecule has 88 valence electrons. The molecule has 0 aliphatic heterocycles. The van der Waals surface area contributed by atoms with Crippen LogP contribution in [0.25, 0.3) is 0 Å². The number of carboxylic acids is 1. The van der Waals surface area contributed by atoms with Gasteiger partial charge in [-0.3, -0.25) is 0 Å². The van der Waals surface area contributed by atoms with Crippen LogP contribution in [-0.4, -0.2) is 16.6 Å². The summed E-state index contributed by atoms with van der Waals surface area (Å²) in [5.41, 5.74) is 0.397. The van der Waals surface area contributed by atoms with Crippen molar-refractivity contribution in [2.24, 2.45) is 5.92 Å². The summed E-state index contributed by atoms with van der Waals surface area (Å²) in [6.45, 7) is 1.71. The number of nitrogens with zero attached hydrogens (tertiary/aromatic N) is 1. The highest BCUT2D eigenvalue weighted by atomic mass is 16.4. The molecule has 0 heterocycles. The second-order valence-corrected chi connectivity index (χ2v) is 4.60. The van der Waals surface area contributed by atoms with E-state index in [9.17, 15) is 9.90 Å². The quantitative estimate of drug-likeness (QED) is 0.831. The van der Waals surface area contributed by atoms with Gasteiger partial charge in [-0.1, -0.05) is 0 Å². The van der Waals surface area contributed by atoms with Crippen LogP contribution in [0.3, 0.4) is 0 Å². The predicted molar refractivity (Wildman–Crippen MR) is 63.5 cm³/mol. The molecule has 0 bridgehead atoms. The lowest BCUT2D eigenvalue weighted by Crippen LogP contribution is -2.45. The van der Waals surface area contributed by atoms with E-state index >= 15 is 0 Å². The third-order valence-corrected chi connectivity index (χ3v) is 3.26. The second kappa shape index (κ2) is 4.10. The van der Waals surface area contributed by atoms with Gasteiger partial charge in [-0.2, -0.15) is 5.26 Å². The second-order valence-electron chi connectivity index (χ2n) is 4.60. The van der Waals surface area contributed by atoms with Gasteiger partial charge in [0.1, 0.15) is 5.54 Å². The van der Waals surface area contributed by atoms with Gasteiger partial charge in [0, 0.05) is 5.69 Å². The zero-order valence-corrected chi connectivity index (χ0v) is 9.60. The molecule has 1 aliphatic rings. The van der Waals surface area contributed by atoms with Crippen molar-refractivity contribution in [1.29, 1.82) is 5.26 Å². The van der Waals surface area contributed by atoms with E-state index in [-0.39, 0.29) is 5.92 Å². The van der Waals surface area contributed by atoms with Crippen LogP contribution in [0.5, 0.6) is 0 Å². The normalized spacial score (nSPS) is 17.9. The van der Waals surface area contributed by atoms with Gasteiger partial charge < -0.3 is 10.4 Å². The molecule has 1 aromatic carbocycles. The fourth-order valence-corrected chi connectivity index (χ4v) is 1.92. The molecule has 1 aromatic rings. The van der Waals surface area contributed by atoms with E-state index < -0.39 is 11.5 Å². The Morgan fingerprint density at radius 1 is 1.47 bits per heavy atom. The summed E-state index contributed by atoms with van der Waals surface area (Å²) in [6, 6.07) is 8.86. The summed E-state index contributed by atoms with van der Waals surface area (Å²) in [4.78, 5) is 11.3. The lowest BCUT2D eigenvalue weighted by atomic mass is 9.95. The Hall–Kier alpha value is -2.02. The number of hydrogen-bond acceptors (Lipinski definition) is 3. The topological polar surface area (TPSA) is 73.1 Å². The Balaban J connectivity index is 2.18. The van der Waals surface area contributed by atoms with Crippen LogP contribution < -0.4 is 5.32 Å². The van der Waals surface area contributed by atoms with E-state index in [0.717, 1.165) is 18.5 Å². The molecule has 2 rings (SSSR count). The first-order valence-electron chi connectivity index (χ1n) is 5.58. The number of carboxylic acid groups (broad SMARTS) is 1. The lowest BCUT2D eigenvalue weighted by molar-refractivity contribution is -0.142. The van der Waals surface area contributed by atoms with Gasteiger partial charge in [-0.15, -0.1) is 0 Å². The minimum Gasteiger partial charge on any atom is -0.480 e. The molecule has 0 radical (unpaired) electrons. The van der Waals surface area contributed by atoms with Gasteiger partial charge in [0.25, 0.3) is 0 Å². The van der Waals surface area contributed by atoms with E-state index in [1.807, 2.05) is 6.07 Å². The summed E-state index contributed by atoms with van der Waals surface area (Å²) >= 11 is 0. The third kappa shape index (κ3) is 2.23. The third-order valence-electron chi connectivity index (χ3n) is 3.26. The zero-order valence-electron chi connectivity index (χ0n) is 9.60. The molecule has 1 saturated carbocycles. The first-order valence-corrected chi connectivity index (χ1v) is 5.58. The molecular formula is C13H14N2O2. The Morgan fingerprint density at radius 3 is 2.47 bits per heavy atom. The highest BCUT2D eigenvalue weighted by Crippen LogP contribution is 2.41. The van der Waals surface area contributed by atoms with Gasteiger partial charge in [0.15, 0.2) is 0 Å². The molecule has 0 saturated heterocycles. The summed E-state index contributed by atoms with van der Waals surface area (Å²) in [5, 5.41) is 21.0. The van der Waals surface area contributed by atoms with Gasteiger partial charge in [0.05, 0.1) is 11.6 Å². The van der Waals surface area contributed by atoms with Crippen molar-refractivity contribution in [1.82, 2.24) is 0 Å². The maximum atomic E-state index is 11.3. The predicted octanol–water partition coefficient (Wildman–Crippen LogP) is 2.22. The Bertz CT molecular complexity index is 471. The van der Waals surface area contributed by atoms with Crippen LogP contribution in [0.2, 0.25) is 0 Å². The maximum absolute atomic E-state index is 11.3. The van der Waals surface area contributed by atoms with E-state index in [1.54, 1.807) is 31.2 Å². The SMILES string of the molecule is CC(Nc1ccc(C#N)cc1)(C(=O)O)C1CC1. The van der Waals surface area contributed by atoms with E-state index in [0.29, 0.717) is 5.56 Å². The summed E-state index contributed by atoms with van der Waals surface area (Å²) in [6.07, 6.45) is 1.90. The monoisotopic (exact) mass is 230 g/mol. The summed E-state index contributed by atoms with van der Waals surface area (Å²) < 4.78 is 0. The Kier molecular flexibility index (Phi) is 2.76. The van der Waals surface area contributed by atoms with E-state index in [2.05, 4.69) is 5.32 Å². The molecule has 0 spiro atoms. The van der Waals surface area contributed by atoms with Gasteiger partial charge in [0.2, 0.25) is 0 Å². The minimum absolute atomic E-state index is 0.190. The number of carbonyl (C=O) groups is 1. The number of aliphatic carboxylic acids is 1. The van der Waals surface area contributed by atoms with Crippen LogP contribution in [0, 0.1) is 17.2 Å². The largest absolute Gasteiger partial charge is 0.480 e. The van der Waals surface area contributed by atoms with Gasteiger partial charge in [-0.25, -0.2) is 4.79 Å². The fourth-order valence-electron chi connectivity index (χ4n) is 1.92. The van der Waals surface area contributed by atoms with E-state index in [4.69, 9.17) is 5.26 Å². The number of benzene rings is 1. The maximum Gasteiger partial charge on any atom is 0.329 e. The Morgan fingerprint density at radius 2 is 2.06 bits per heavy atom. The summed E-state index contributed by atoms with van der Waals surface area (Å²) in [5.74, 6) is -0.639. The smallest absolute Gasteiger partial charge is 0.329 e. The molecule has 1 aliphatic carbocycles. The minimum atomic E-state index is -0.909. The fraction of sp³-hybridized carbons (Fsp3) is 0.385. The zero-order chi connectivity index (χ0) is 12.5. The van der Waals surface area contributed by atoms with Crippen LogP contribution in [-0.2, 0) is 4.79 Å². The molecule has 4 heteroatoms. The number of nitrogens with one attached hydrogen (secondary N) is 1. The molecule has 0 aromatic heterocycles. The van der Waals surface area contributed by atoms with Gasteiger partial charge in [-0.05, 0) is 49.9 Å². The number of anilines is 1. The van der Waals surface area contributed by atoms with Crippen molar-refractivity contribution in [3.05, 3.63) is 29.8 Å². The molecule has 1 fully saturated rings. The molecule has 4 nitrogen and oxygen atoms in total. The Labute approximate surface area is 99.9 Å². The molecule has 1 unspecified atom stereocenters. The first kappa shape index (κ1) is 11.5. The van der Waals surface area contributed by atoms with Crippen LogP contribution in [0.15, 0.2) is 24.3 Å². The highest BCUT2D eigenvalue weighted by molar-refractivity contribution is 5.83. The molecule has 17 heavy (non-hydrogen) atoms. The summed E-state index contributed by atoms with van der Waals surface area (Å²) in [7, 11) is 0. The van der Waals surface area contributed by atoms with Crippen molar-refractivity contribution >= 4 is 11.7 Å². The van der Waals surface area contributed by atoms with Crippen LogP contribution in [0.1, 0.15) is 25.3 Å².